The monoisotopic (exact) mass is 475 g/mol. The summed E-state index contributed by atoms with van der Waals surface area (Å²) in [7, 11) is -2.34. The lowest BCUT2D eigenvalue weighted by Crippen LogP contribution is -2.54. The van der Waals surface area contributed by atoms with Crippen molar-refractivity contribution in [1.82, 2.24) is 18.8 Å². The largest absolute Gasteiger partial charge is 0.461 e. The molecule has 2 aromatic rings. The van der Waals surface area contributed by atoms with Gasteiger partial charge in [0.1, 0.15) is 22.4 Å². The topological polar surface area (TPSA) is 105 Å². The predicted molar refractivity (Wildman–Crippen MR) is 121 cm³/mol. The van der Waals surface area contributed by atoms with Crippen LogP contribution in [0.5, 0.6) is 0 Å². The van der Waals surface area contributed by atoms with Gasteiger partial charge in [-0.05, 0) is 38.0 Å². The third-order valence-corrected chi connectivity index (χ3v) is 8.00. The van der Waals surface area contributed by atoms with Crippen molar-refractivity contribution in [2.45, 2.75) is 30.7 Å². The molecule has 0 N–H and O–H groups in total. The summed E-state index contributed by atoms with van der Waals surface area (Å²) >= 11 is 0. The van der Waals surface area contributed by atoms with E-state index >= 15 is 0 Å². The zero-order valence-corrected chi connectivity index (χ0v) is 19.7. The summed E-state index contributed by atoms with van der Waals surface area (Å²) in [5.41, 5.74) is 0.156. The first-order valence-corrected chi connectivity index (χ1v) is 12.6. The lowest BCUT2D eigenvalue weighted by molar-refractivity contribution is -0.134. The first kappa shape index (κ1) is 23.2. The van der Waals surface area contributed by atoms with Crippen molar-refractivity contribution in [3.63, 3.8) is 0 Å². The molecule has 33 heavy (non-hydrogen) atoms. The summed E-state index contributed by atoms with van der Waals surface area (Å²) in [6.07, 6.45) is 4.23. The summed E-state index contributed by atoms with van der Waals surface area (Å²) in [5.74, 6) is 0.121. The number of piperazine rings is 1. The van der Waals surface area contributed by atoms with Crippen LogP contribution in [0, 0.1) is 0 Å². The Morgan fingerprint density at radius 1 is 1.15 bits per heavy atom. The van der Waals surface area contributed by atoms with Gasteiger partial charge < -0.3 is 19.1 Å². The van der Waals surface area contributed by atoms with Crippen LogP contribution in [0.4, 0.5) is 5.82 Å². The molecule has 0 radical (unpaired) electrons. The van der Waals surface area contributed by atoms with Crippen LogP contribution in [0.25, 0.3) is 0 Å². The van der Waals surface area contributed by atoms with Crippen LogP contribution < -0.4 is 4.90 Å². The number of sulfonamides is 1. The Hall–Kier alpha value is -2.92. The second-order valence-corrected chi connectivity index (χ2v) is 10.1. The second kappa shape index (κ2) is 9.52. The van der Waals surface area contributed by atoms with Gasteiger partial charge in [-0.1, -0.05) is 6.07 Å². The molecule has 0 aliphatic carbocycles. The van der Waals surface area contributed by atoms with E-state index in [1.54, 1.807) is 25.1 Å². The molecule has 0 aromatic carbocycles. The third-order valence-electron chi connectivity index (χ3n) is 6.12. The van der Waals surface area contributed by atoms with E-state index in [-0.39, 0.29) is 29.6 Å². The summed E-state index contributed by atoms with van der Waals surface area (Å²) in [4.78, 5) is 33.6. The normalized spacial score (nSPS) is 19.6. The zero-order valence-electron chi connectivity index (χ0n) is 18.9. The number of anilines is 1. The van der Waals surface area contributed by atoms with Gasteiger partial charge in [0.2, 0.25) is 15.9 Å². The summed E-state index contributed by atoms with van der Waals surface area (Å²) in [6, 6.07) is 6.31. The van der Waals surface area contributed by atoms with Gasteiger partial charge in [-0.3, -0.25) is 4.79 Å². The smallest absolute Gasteiger partial charge is 0.354 e. The quantitative estimate of drug-likeness (QED) is 0.576. The molecule has 1 amide bonds. The number of aryl methyl sites for hydroxylation is 1. The number of hydrogen-bond donors (Lipinski definition) is 0. The van der Waals surface area contributed by atoms with Gasteiger partial charge in [0.05, 0.1) is 6.61 Å². The van der Waals surface area contributed by atoms with Crippen LogP contribution in [0.15, 0.2) is 41.6 Å². The first-order valence-electron chi connectivity index (χ1n) is 11.1. The molecule has 11 heteroatoms. The summed E-state index contributed by atoms with van der Waals surface area (Å²) in [6.45, 7) is 4.47. The number of nitrogens with zero attached hydrogens (tertiary/aromatic N) is 5. The predicted octanol–water partition coefficient (Wildman–Crippen LogP) is 1.10. The standard InChI is InChI=1S/C22H29N5O5S/c1-3-32-22(29)19-15-17(16-24(19)2)33(30,31)27-10-6-7-18(27)21(28)26-13-11-25(12-14-26)20-8-4-5-9-23-20/h4-5,8-9,15-16,18H,3,6-7,10-14H2,1-2H3/t18-/m0/s1. The molecule has 2 fully saturated rings. The molecule has 2 saturated heterocycles. The van der Waals surface area contributed by atoms with E-state index in [1.165, 1.54) is 21.1 Å². The molecule has 0 spiro atoms. The first-order chi connectivity index (χ1) is 15.8. The van der Waals surface area contributed by atoms with Gasteiger partial charge in [0, 0.05) is 52.2 Å². The van der Waals surface area contributed by atoms with Crippen molar-refractivity contribution in [2.75, 3.05) is 44.2 Å². The summed E-state index contributed by atoms with van der Waals surface area (Å²) in [5, 5.41) is 0. The van der Waals surface area contributed by atoms with Crippen LogP contribution in [0.3, 0.4) is 0 Å². The van der Waals surface area contributed by atoms with Crippen molar-refractivity contribution >= 4 is 27.7 Å². The zero-order chi connectivity index (χ0) is 23.6. The fraction of sp³-hybridized carbons (Fsp3) is 0.500. The minimum absolute atomic E-state index is 0.00674. The maximum atomic E-state index is 13.4. The number of pyridine rings is 1. The highest BCUT2D eigenvalue weighted by Gasteiger charge is 2.42. The van der Waals surface area contributed by atoms with Crippen molar-refractivity contribution in [2.24, 2.45) is 7.05 Å². The van der Waals surface area contributed by atoms with E-state index in [0.29, 0.717) is 39.0 Å². The Morgan fingerprint density at radius 2 is 1.91 bits per heavy atom. The number of rotatable bonds is 6. The molecule has 10 nitrogen and oxygen atoms in total. The van der Waals surface area contributed by atoms with E-state index in [2.05, 4.69) is 9.88 Å². The molecule has 4 rings (SSSR count). The lowest BCUT2D eigenvalue weighted by atomic mass is 10.2. The van der Waals surface area contributed by atoms with E-state index in [0.717, 1.165) is 5.82 Å². The van der Waals surface area contributed by atoms with Gasteiger partial charge in [-0.2, -0.15) is 4.31 Å². The highest BCUT2D eigenvalue weighted by atomic mass is 32.2. The van der Waals surface area contributed by atoms with E-state index in [1.807, 2.05) is 18.2 Å². The van der Waals surface area contributed by atoms with Crippen molar-refractivity contribution < 1.29 is 22.7 Å². The van der Waals surface area contributed by atoms with Gasteiger partial charge in [-0.25, -0.2) is 18.2 Å². The Bertz CT molecular complexity index is 1110. The minimum Gasteiger partial charge on any atom is -0.461 e. The third kappa shape index (κ3) is 4.60. The summed E-state index contributed by atoms with van der Waals surface area (Å²) < 4.78 is 34.5. The highest BCUT2D eigenvalue weighted by molar-refractivity contribution is 7.89. The molecule has 0 bridgehead atoms. The number of amides is 1. The van der Waals surface area contributed by atoms with Crippen LogP contribution >= 0.6 is 0 Å². The van der Waals surface area contributed by atoms with Crippen molar-refractivity contribution in [3.05, 3.63) is 42.4 Å². The maximum absolute atomic E-state index is 13.4. The molecule has 1 atom stereocenters. The van der Waals surface area contributed by atoms with Gasteiger partial charge in [0.15, 0.2) is 0 Å². The molecule has 0 unspecified atom stereocenters. The molecule has 2 aliphatic heterocycles. The molecule has 2 aromatic heterocycles. The lowest BCUT2D eigenvalue weighted by Gasteiger charge is -2.37. The average molecular weight is 476 g/mol. The van der Waals surface area contributed by atoms with E-state index in [4.69, 9.17) is 4.74 Å². The minimum atomic E-state index is -3.94. The maximum Gasteiger partial charge on any atom is 0.354 e. The molecular formula is C22H29N5O5S. The Morgan fingerprint density at radius 3 is 2.58 bits per heavy atom. The fourth-order valence-electron chi connectivity index (χ4n) is 4.40. The van der Waals surface area contributed by atoms with Crippen LogP contribution in [0.2, 0.25) is 0 Å². The van der Waals surface area contributed by atoms with Gasteiger partial charge >= 0.3 is 5.97 Å². The van der Waals surface area contributed by atoms with E-state index in [9.17, 15) is 18.0 Å². The Kier molecular flexibility index (Phi) is 6.71. The second-order valence-electron chi connectivity index (χ2n) is 8.17. The number of hydrogen-bond acceptors (Lipinski definition) is 7. The van der Waals surface area contributed by atoms with E-state index < -0.39 is 22.0 Å². The molecule has 178 valence electrons. The SMILES string of the molecule is CCOC(=O)c1cc(S(=O)(=O)N2CCC[C@H]2C(=O)N2CCN(c3ccccn3)CC2)cn1C. The van der Waals surface area contributed by atoms with Gasteiger partial charge in [0.25, 0.3) is 0 Å². The van der Waals surface area contributed by atoms with Crippen LogP contribution in [0.1, 0.15) is 30.3 Å². The average Bonchev–Trinajstić information content (AvgIpc) is 3.47. The van der Waals surface area contributed by atoms with Crippen molar-refractivity contribution in [3.8, 4) is 0 Å². The van der Waals surface area contributed by atoms with Crippen LogP contribution in [-0.2, 0) is 26.6 Å². The number of carbonyl (C=O) groups excluding carboxylic acids is 2. The number of esters is 1. The molecular weight excluding hydrogens is 446 g/mol. The molecule has 4 heterocycles. The Labute approximate surface area is 193 Å². The Balaban J connectivity index is 1.47. The highest BCUT2D eigenvalue weighted by Crippen LogP contribution is 2.29. The molecule has 0 saturated carbocycles. The molecule has 2 aliphatic rings. The van der Waals surface area contributed by atoms with Crippen LogP contribution in [-0.4, -0.2) is 84.4 Å². The number of carbonyl (C=O) groups is 2. The van der Waals surface area contributed by atoms with Gasteiger partial charge in [-0.15, -0.1) is 0 Å². The van der Waals surface area contributed by atoms with Crippen molar-refractivity contribution in [1.29, 1.82) is 0 Å². The fourth-order valence-corrected chi connectivity index (χ4v) is 6.12. The number of aromatic nitrogens is 2. The number of ether oxygens (including phenoxy) is 1.